The highest BCUT2D eigenvalue weighted by atomic mass is 35.5. The van der Waals surface area contributed by atoms with E-state index in [1.807, 2.05) is 0 Å². The monoisotopic (exact) mass is 362 g/mol. The second-order valence-electron chi connectivity index (χ2n) is 4.60. The Labute approximate surface area is 140 Å². The van der Waals surface area contributed by atoms with E-state index in [0.29, 0.717) is 15.7 Å². The summed E-state index contributed by atoms with van der Waals surface area (Å²) < 4.78 is 0. The van der Waals surface area contributed by atoms with Crippen LogP contribution in [0.15, 0.2) is 18.2 Å². The van der Waals surface area contributed by atoms with Gasteiger partial charge in [-0.15, -0.1) is 11.8 Å². The summed E-state index contributed by atoms with van der Waals surface area (Å²) >= 11 is 12.8. The van der Waals surface area contributed by atoms with Gasteiger partial charge in [0.25, 0.3) is 0 Å². The Bertz CT molecular complexity index is 626. The number of nitrogens with one attached hydrogen (secondary N) is 2. The first kappa shape index (κ1) is 16.9. The molecule has 1 aliphatic rings. The highest BCUT2D eigenvalue weighted by Gasteiger charge is 2.33. The minimum Gasteiger partial charge on any atom is -0.480 e. The van der Waals surface area contributed by atoms with E-state index in [1.165, 1.54) is 6.07 Å². The van der Waals surface area contributed by atoms with E-state index >= 15 is 0 Å². The molecule has 3 N–H and O–H groups in total. The summed E-state index contributed by atoms with van der Waals surface area (Å²) in [5.74, 6) is -1.67. The molecule has 1 aromatic carbocycles. The van der Waals surface area contributed by atoms with Gasteiger partial charge in [-0.3, -0.25) is 9.59 Å². The van der Waals surface area contributed by atoms with Gasteiger partial charge in [-0.2, -0.15) is 0 Å². The van der Waals surface area contributed by atoms with Gasteiger partial charge in [0.1, 0.15) is 6.04 Å². The Morgan fingerprint density at radius 1 is 1.36 bits per heavy atom. The summed E-state index contributed by atoms with van der Waals surface area (Å²) in [6.07, 6.45) is -0.0525. The lowest BCUT2D eigenvalue weighted by atomic mass is 10.2. The number of aliphatic carboxylic acids is 1. The van der Waals surface area contributed by atoms with E-state index in [1.54, 1.807) is 12.1 Å². The van der Waals surface area contributed by atoms with Gasteiger partial charge in [-0.1, -0.05) is 23.2 Å². The SMILES string of the molecule is O=C(C[C@@H]1SC[C@H](C(=O)O)NC1=O)Nc1ccc(Cl)c(Cl)c1. The maximum Gasteiger partial charge on any atom is 0.327 e. The third kappa shape index (κ3) is 4.28. The van der Waals surface area contributed by atoms with Crippen LogP contribution in [-0.2, 0) is 14.4 Å². The number of anilines is 1. The molecule has 2 atom stereocenters. The molecular weight excluding hydrogens is 351 g/mol. The summed E-state index contributed by atoms with van der Waals surface area (Å²) in [7, 11) is 0. The Kier molecular flexibility index (Phi) is 5.55. The maximum absolute atomic E-state index is 11.9. The van der Waals surface area contributed by atoms with Crippen LogP contribution in [0.5, 0.6) is 0 Å². The Morgan fingerprint density at radius 3 is 2.68 bits per heavy atom. The first-order valence-electron chi connectivity index (χ1n) is 6.26. The molecule has 2 rings (SSSR count). The highest BCUT2D eigenvalue weighted by molar-refractivity contribution is 8.00. The average Bonchev–Trinajstić information content (AvgIpc) is 2.45. The fraction of sp³-hybridized carbons (Fsp3) is 0.308. The van der Waals surface area contributed by atoms with E-state index < -0.39 is 23.2 Å². The molecule has 6 nitrogen and oxygen atoms in total. The van der Waals surface area contributed by atoms with Gasteiger partial charge in [0.05, 0.1) is 15.3 Å². The van der Waals surface area contributed by atoms with Gasteiger partial charge in [-0.05, 0) is 18.2 Å². The molecular formula is C13H12Cl2N2O4S. The molecule has 22 heavy (non-hydrogen) atoms. The lowest BCUT2D eigenvalue weighted by molar-refractivity contribution is -0.141. The number of hydrogen-bond donors (Lipinski definition) is 3. The number of rotatable bonds is 4. The van der Waals surface area contributed by atoms with Gasteiger partial charge in [-0.25, -0.2) is 4.79 Å². The number of benzene rings is 1. The maximum atomic E-state index is 11.9. The zero-order valence-corrected chi connectivity index (χ0v) is 13.5. The lowest BCUT2D eigenvalue weighted by Gasteiger charge is -2.25. The van der Waals surface area contributed by atoms with Crippen LogP contribution < -0.4 is 10.6 Å². The van der Waals surface area contributed by atoms with Gasteiger partial charge >= 0.3 is 5.97 Å². The quantitative estimate of drug-likeness (QED) is 0.761. The number of carbonyl (C=O) groups is 3. The third-order valence-corrected chi connectivity index (χ3v) is 4.99. The summed E-state index contributed by atoms with van der Waals surface area (Å²) in [5, 5.41) is 13.9. The van der Waals surface area contributed by atoms with Gasteiger partial charge in [0.2, 0.25) is 11.8 Å². The Hall–Kier alpha value is -1.44. The van der Waals surface area contributed by atoms with Gasteiger partial charge < -0.3 is 15.7 Å². The normalized spacial score (nSPS) is 21.1. The summed E-state index contributed by atoms with van der Waals surface area (Å²) in [6.45, 7) is 0. The minimum atomic E-state index is -1.08. The van der Waals surface area contributed by atoms with E-state index in [9.17, 15) is 14.4 Å². The fourth-order valence-electron chi connectivity index (χ4n) is 1.83. The van der Waals surface area contributed by atoms with Crippen molar-refractivity contribution in [3.8, 4) is 0 Å². The Morgan fingerprint density at radius 2 is 2.09 bits per heavy atom. The fourth-order valence-corrected chi connectivity index (χ4v) is 3.27. The molecule has 1 saturated heterocycles. The van der Waals surface area contributed by atoms with Crippen molar-refractivity contribution in [3.63, 3.8) is 0 Å². The number of carboxylic acids is 1. The smallest absolute Gasteiger partial charge is 0.327 e. The molecule has 118 valence electrons. The lowest BCUT2D eigenvalue weighted by Crippen LogP contribution is -2.51. The number of halogens is 2. The molecule has 2 amide bonds. The molecule has 0 aliphatic carbocycles. The number of hydrogen-bond acceptors (Lipinski definition) is 4. The molecule has 1 fully saturated rings. The van der Waals surface area contributed by atoms with E-state index in [2.05, 4.69) is 10.6 Å². The Balaban J connectivity index is 1.91. The zero-order chi connectivity index (χ0) is 16.3. The minimum absolute atomic E-state index is 0.0525. The van der Waals surface area contributed by atoms with Crippen molar-refractivity contribution < 1.29 is 19.5 Å². The van der Waals surface area contributed by atoms with Gasteiger partial charge in [0.15, 0.2) is 0 Å². The first-order valence-corrected chi connectivity index (χ1v) is 8.07. The number of thioether (sulfide) groups is 1. The largest absolute Gasteiger partial charge is 0.480 e. The van der Waals surface area contributed by atoms with Crippen LogP contribution in [0.25, 0.3) is 0 Å². The van der Waals surface area contributed by atoms with Gasteiger partial charge in [0, 0.05) is 17.9 Å². The molecule has 0 aromatic heterocycles. The average molecular weight is 363 g/mol. The third-order valence-electron chi connectivity index (χ3n) is 2.95. The van der Waals surface area contributed by atoms with Crippen molar-refractivity contribution in [2.45, 2.75) is 17.7 Å². The van der Waals surface area contributed by atoms with Crippen LogP contribution in [0, 0.1) is 0 Å². The molecule has 0 spiro atoms. The first-order chi connectivity index (χ1) is 10.4. The number of amides is 2. The van der Waals surface area contributed by atoms with E-state index in [-0.39, 0.29) is 18.1 Å². The van der Waals surface area contributed by atoms with Crippen LogP contribution in [0.2, 0.25) is 10.0 Å². The zero-order valence-electron chi connectivity index (χ0n) is 11.1. The molecule has 0 bridgehead atoms. The van der Waals surface area contributed by atoms with E-state index in [0.717, 1.165) is 11.8 Å². The molecule has 1 aliphatic heterocycles. The number of carbonyl (C=O) groups excluding carboxylic acids is 2. The van der Waals surface area contributed by atoms with Crippen molar-refractivity contribution in [2.75, 3.05) is 11.1 Å². The van der Waals surface area contributed by atoms with Crippen molar-refractivity contribution in [1.82, 2.24) is 5.32 Å². The summed E-state index contributed by atoms with van der Waals surface area (Å²) in [4.78, 5) is 34.5. The molecule has 9 heteroatoms. The van der Waals surface area contributed by atoms with Crippen molar-refractivity contribution in [1.29, 1.82) is 0 Å². The highest BCUT2D eigenvalue weighted by Crippen LogP contribution is 2.26. The summed E-state index contributed by atoms with van der Waals surface area (Å²) in [6, 6.07) is 3.75. The second-order valence-corrected chi connectivity index (χ2v) is 6.65. The molecule has 1 aromatic rings. The van der Waals surface area contributed by atoms with Crippen LogP contribution in [0.1, 0.15) is 6.42 Å². The molecule has 0 radical (unpaired) electrons. The van der Waals surface area contributed by atoms with Crippen LogP contribution in [0.3, 0.4) is 0 Å². The van der Waals surface area contributed by atoms with Crippen LogP contribution in [-0.4, -0.2) is 39.9 Å². The predicted molar refractivity (Wildman–Crippen MR) is 85.5 cm³/mol. The standard InChI is InChI=1S/C13H12Cl2N2O4S/c14-7-2-1-6(3-8(7)15)16-11(18)4-10-12(19)17-9(5-22-10)13(20)21/h1-3,9-10H,4-5H2,(H,16,18)(H,17,19)(H,20,21)/t9-,10+/m1/s1. The molecule has 0 unspecified atom stereocenters. The van der Waals surface area contributed by atoms with Crippen molar-refractivity contribution >= 4 is 58.4 Å². The number of carboxylic acid groups (broad SMARTS) is 1. The van der Waals surface area contributed by atoms with Crippen molar-refractivity contribution in [3.05, 3.63) is 28.2 Å². The second kappa shape index (κ2) is 7.21. The summed E-state index contributed by atoms with van der Waals surface area (Å²) in [5.41, 5.74) is 0.476. The predicted octanol–water partition coefficient (Wildman–Crippen LogP) is 2.01. The topological polar surface area (TPSA) is 95.5 Å². The van der Waals surface area contributed by atoms with Crippen LogP contribution >= 0.6 is 35.0 Å². The van der Waals surface area contributed by atoms with Crippen LogP contribution in [0.4, 0.5) is 5.69 Å². The van der Waals surface area contributed by atoms with Crippen molar-refractivity contribution in [2.24, 2.45) is 0 Å². The molecule has 1 heterocycles. The van der Waals surface area contributed by atoms with E-state index in [4.69, 9.17) is 28.3 Å². The molecule has 0 saturated carbocycles.